The molecule has 2 unspecified atom stereocenters. The maximum atomic E-state index is 12.4. The van der Waals surface area contributed by atoms with Crippen molar-refractivity contribution in [2.45, 2.75) is 43.1 Å². The average molecular weight is 264 g/mol. The number of aryl methyl sites for hydroxylation is 1. The molecule has 0 radical (unpaired) electrons. The Morgan fingerprint density at radius 1 is 1.33 bits per heavy atom. The molecule has 0 N–H and O–H groups in total. The lowest BCUT2D eigenvalue weighted by atomic mass is 9.94. The topological polar surface area (TPSA) is 59.9 Å². The van der Waals surface area contributed by atoms with Crippen molar-refractivity contribution in [3.8, 4) is 0 Å². The molecule has 0 saturated carbocycles. The monoisotopic (exact) mass is 264 g/mol. The first kappa shape index (κ1) is 12.0. The van der Waals surface area contributed by atoms with E-state index in [1.807, 2.05) is 6.92 Å². The van der Waals surface area contributed by atoms with E-state index >= 15 is 0 Å². The number of hydrogen-bond donors (Lipinski definition) is 0. The Bertz CT molecular complexity index is 501. The predicted octanol–water partition coefficient (Wildman–Crippen LogP) is 1.66. The lowest BCUT2D eigenvalue weighted by molar-refractivity contribution is 0.0895. The van der Waals surface area contributed by atoms with Crippen molar-refractivity contribution >= 4 is 16.6 Å². The highest BCUT2D eigenvalue weighted by Crippen LogP contribution is 2.39. The highest BCUT2D eigenvalue weighted by atomic mass is 32.2. The lowest BCUT2D eigenvalue weighted by Gasteiger charge is -2.25. The molecule has 0 aromatic carbocycles. The van der Waals surface area contributed by atoms with Crippen LogP contribution in [0.25, 0.3) is 0 Å². The Kier molecular flexibility index (Phi) is 3.01. The molecule has 4 nitrogen and oxygen atoms in total. The molecule has 96 valence electrons. The number of fused-ring (bicyclic) bond motifs is 2. The summed E-state index contributed by atoms with van der Waals surface area (Å²) in [6.07, 6.45) is 5.15. The summed E-state index contributed by atoms with van der Waals surface area (Å²) in [6.45, 7) is 1.86. The summed E-state index contributed by atoms with van der Waals surface area (Å²) in [7, 11) is -0.710. The van der Waals surface area contributed by atoms with Crippen molar-refractivity contribution in [2.24, 2.45) is 5.92 Å². The van der Waals surface area contributed by atoms with Crippen LogP contribution in [0.4, 0.5) is 0 Å². The van der Waals surface area contributed by atoms with Crippen LogP contribution in [-0.4, -0.2) is 30.5 Å². The molecule has 18 heavy (non-hydrogen) atoms. The Morgan fingerprint density at radius 3 is 2.61 bits per heavy atom. The van der Waals surface area contributed by atoms with Crippen molar-refractivity contribution < 1.29 is 9.00 Å². The normalized spacial score (nSPS) is 34.5. The van der Waals surface area contributed by atoms with Crippen LogP contribution in [0.2, 0.25) is 0 Å². The number of hydrogen-bond acceptors (Lipinski definition) is 4. The number of rotatable bonds is 2. The summed E-state index contributed by atoms with van der Waals surface area (Å²) in [6, 6.07) is 1.79. The molecule has 2 fully saturated rings. The van der Waals surface area contributed by atoms with Gasteiger partial charge in [0, 0.05) is 39.1 Å². The van der Waals surface area contributed by atoms with E-state index in [1.54, 1.807) is 12.3 Å². The Labute approximate surface area is 109 Å². The quantitative estimate of drug-likeness (QED) is 0.762. The Balaban J connectivity index is 1.80. The number of nitrogens with zero attached hydrogens (tertiary/aromatic N) is 2. The first-order valence-electron chi connectivity index (χ1n) is 6.38. The van der Waals surface area contributed by atoms with Gasteiger partial charge in [-0.15, -0.1) is 0 Å². The van der Waals surface area contributed by atoms with Crippen molar-refractivity contribution in [1.82, 2.24) is 9.97 Å². The zero-order chi connectivity index (χ0) is 12.7. The summed E-state index contributed by atoms with van der Waals surface area (Å²) in [5.74, 6) is 0.335. The summed E-state index contributed by atoms with van der Waals surface area (Å²) in [5, 5.41) is 0.449. The molecule has 2 atom stereocenters. The fourth-order valence-electron chi connectivity index (χ4n) is 3.00. The van der Waals surface area contributed by atoms with Gasteiger partial charge in [0.15, 0.2) is 5.82 Å². The smallest absolute Gasteiger partial charge is 0.203 e. The Hall–Kier alpha value is -1.10. The molecule has 3 rings (SSSR count). The van der Waals surface area contributed by atoms with Gasteiger partial charge >= 0.3 is 0 Å². The van der Waals surface area contributed by atoms with Crippen LogP contribution in [0.5, 0.6) is 0 Å². The van der Waals surface area contributed by atoms with Crippen LogP contribution in [0.1, 0.15) is 42.0 Å². The van der Waals surface area contributed by atoms with Crippen molar-refractivity contribution in [1.29, 1.82) is 0 Å². The highest BCUT2D eigenvalue weighted by molar-refractivity contribution is 7.86. The Morgan fingerprint density at radius 2 is 2.00 bits per heavy atom. The maximum absolute atomic E-state index is 12.4. The minimum Gasteiger partial charge on any atom is -0.290 e. The molecule has 0 spiro atoms. The van der Waals surface area contributed by atoms with Crippen LogP contribution in [0, 0.1) is 12.8 Å². The van der Waals surface area contributed by atoms with E-state index in [1.165, 1.54) is 0 Å². The number of aromatic nitrogens is 2. The van der Waals surface area contributed by atoms with E-state index in [2.05, 4.69) is 9.97 Å². The van der Waals surface area contributed by atoms with Gasteiger partial charge in [-0.1, -0.05) is 0 Å². The molecular formula is C13H16N2O2S. The van der Waals surface area contributed by atoms with Gasteiger partial charge in [-0.2, -0.15) is 0 Å². The van der Waals surface area contributed by atoms with Crippen LogP contribution in [-0.2, 0) is 10.8 Å². The number of ketones is 1. The summed E-state index contributed by atoms with van der Waals surface area (Å²) < 4.78 is 11.9. The van der Waals surface area contributed by atoms with E-state index in [9.17, 15) is 9.00 Å². The summed E-state index contributed by atoms with van der Waals surface area (Å²) in [4.78, 5) is 20.6. The van der Waals surface area contributed by atoms with E-state index in [4.69, 9.17) is 0 Å². The van der Waals surface area contributed by atoms with Crippen LogP contribution in [0.3, 0.4) is 0 Å². The lowest BCUT2D eigenvalue weighted by Crippen LogP contribution is -2.33. The van der Waals surface area contributed by atoms with Gasteiger partial charge in [-0.3, -0.25) is 9.00 Å². The van der Waals surface area contributed by atoms with Crippen molar-refractivity contribution in [3.05, 3.63) is 23.8 Å². The number of carbonyl (C=O) groups excluding carboxylic acids is 1. The molecule has 2 bridgehead atoms. The molecule has 0 aliphatic carbocycles. The largest absolute Gasteiger partial charge is 0.290 e. The fourth-order valence-corrected chi connectivity index (χ4v) is 5.12. The molecular weight excluding hydrogens is 248 g/mol. The van der Waals surface area contributed by atoms with E-state index in [0.29, 0.717) is 5.82 Å². The van der Waals surface area contributed by atoms with Gasteiger partial charge in [-0.25, -0.2) is 9.97 Å². The van der Waals surface area contributed by atoms with Gasteiger partial charge in [-0.05, 0) is 38.7 Å². The predicted molar refractivity (Wildman–Crippen MR) is 68.8 cm³/mol. The van der Waals surface area contributed by atoms with E-state index in [-0.39, 0.29) is 22.2 Å². The van der Waals surface area contributed by atoms with E-state index in [0.717, 1.165) is 31.4 Å². The van der Waals surface area contributed by atoms with Gasteiger partial charge in [0.25, 0.3) is 0 Å². The minimum atomic E-state index is -0.710. The molecule has 3 heterocycles. The molecule has 2 aliphatic rings. The third-order valence-electron chi connectivity index (χ3n) is 3.95. The standard InChI is InChI=1S/C13H16N2O2S/c1-8-4-5-14-13(15-8)12(16)9-6-10-2-3-11(7-9)18(10)17/h4-5,9-11H,2-3,6-7H2,1H3. The molecule has 2 saturated heterocycles. The molecule has 5 heteroatoms. The maximum Gasteiger partial charge on any atom is 0.203 e. The highest BCUT2D eigenvalue weighted by Gasteiger charge is 2.43. The fraction of sp³-hybridized carbons (Fsp3) is 0.615. The SMILES string of the molecule is Cc1ccnc(C(=O)C2CC3CCC(C2)S3=O)n1. The second kappa shape index (κ2) is 4.53. The second-order valence-electron chi connectivity index (χ2n) is 5.20. The first-order valence-corrected chi connectivity index (χ1v) is 7.66. The number of Topliss-reactive ketones (excluding diaryl/α,β-unsaturated/α-hetero) is 1. The first-order chi connectivity index (χ1) is 8.65. The van der Waals surface area contributed by atoms with Gasteiger partial charge in [0.1, 0.15) is 0 Å². The molecule has 2 aliphatic heterocycles. The van der Waals surface area contributed by atoms with E-state index < -0.39 is 10.8 Å². The van der Waals surface area contributed by atoms with Crippen LogP contribution in [0.15, 0.2) is 12.3 Å². The molecule has 1 aromatic rings. The average Bonchev–Trinajstić information content (AvgIpc) is 2.61. The third-order valence-corrected chi connectivity index (χ3v) is 6.12. The zero-order valence-electron chi connectivity index (χ0n) is 10.3. The molecule has 0 amide bonds. The van der Waals surface area contributed by atoms with Crippen molar-refractivity contribution in [2.75, 3.05) is 0 Å². The van der Waals surface area contributed by atoms with Gasteiger partial charge < -0.3 is 0 Å². The van der Waals surface area contributed by atoms with Gasteiger partial charge in [0.05, 0.1) is 0 Å². The molecule has 1 aromatic heterocycles. The van der Waals surface area contributed by atoms with Crippen LogP contribution >= 0.6 is 0 Å². The summed E-state index contributed by atoms with van der Waals surface area (Å²) in [5.41, 5.74) is 0.815. The minimum absolute atomic E-state index is 0.0259. The third kappa shape index (κ3) is 2.00. The van der Waals surface area contributed by atoms with Crippen LogP contribution < -0.4 is 0 Å². The number of carbonyl (C=O) groups is 1. The zero-order valence-corrected chi connectivity index (χ0v) is 11.2. The van der Waals surface area contributed by atoms with Gasteiger partial charge in [0.2, 0.25) is 5.78 Å². The summed E-state index contributed by atoms with van der Waals surface area (Å²) >= 11 is 0. The van der Waals surface area contributed by atoms with Crippen molar-refractivity contribution in [3.63, 3.8) is 0 Å². The second-order valence-corrected chi connectivity index (χ2v) is 7.19.